The lowest BCUT2D eigenvalue weighted by atomic mass is 10.1. The number of nitrogens with zero attached hydrogens (tertiary/aromatic N) is 1. The molecule has 5 heteroatoms. The molecule has 0 spiro atoms. The second-order valence-corrected chi connectivity index (χ2v) is 5.70. The molecule has 2 aromatic carbocycles. The van der Waals surface area contributed by atoms with Crippen molar-refractivity contribution in [2.45, 2.75) is 25.8 Å². The molecule has 5 nitrogen and oxygen atoms in total. The van der Waals surface area contributed by atoms with E-state index in [0.717, 1.165) is 23.6 Å². The Morgan fingerprint density at radius 2 is 1.87 bits per heavy atom. The number of esters is 1. The zero-order chi connectivity index (χ0) is 16.4. The summed E-state index contributed by atoms with van der Waals surface area (Å²) in [6, 6.07) is 10.8. The van der Waals surface area contributed by atoms with E-state index in [1.807, 2.05) is 31.2 Å². The van der Waals surface area contributed by atoms with Crippen LogP contribution in [0.3, 0.4) is 0 Å². The predicted molar refractivity (Wildman–Crippen MR) is 86.3 cm³/mol. The third kappa shape index (κ3) is 3.28. The number of rotatable bonds is 5. The molecule has 1 amide bonds. The van der Waals surface area contributed by atoms with Gasteiger partial charge in [-0.3, -0.25) is 4.79 Å². The molecule has 1 N–H and O–H groups in total. The van der Waals surface area contributed by atoms with Gasteiger partial charge in [0.05, 0.1) is 0 Å². The fourth-order valence-corrected chi connectivity index (χ4v) is 2.70. The number of aromatic hydroxyl groups is 1. The molecule has 1 saturated carbocycles. The minimum absolute atomic E-state index is 0.0750. The molecule has 0 heterocycles. The Balaban J connectivity index is 1.70. The molecule has 1 aliphatic rings. The fourth-order valence-electron chi connectivity index (χ4n) is 2.70. The molecule has 0 radical (unpaired) electrons. The lowest BCUT2D eigenvalue weighted by molar-refractivity contribution is -0.134. The van der Waals surface area contributed by atoms with Crippen LogP contribution in [0, 0.1) is 0 Å². The summed E-state index contributed by atoms with van der Waals surface area (Å²) in [6.45, 7) is 2.23. The highest BCUT2D eigenvalue weighted by Crippen LogP contribution is 2.27. The Hall–Kier alpha value is -2.56. The van der Waals surface area contributed by atoms with Crippen LogP contribution in [0.15, 0.2) is 36.4 Å². The SMILES string of the molecule is CCN(C(=O)COC(=O)c1cc2ccccc2cc1O)C1CC1. The average Bonchev–Trinajstić information content (AvgIpc) is 3.37. The van der Waals surface area contributed by atoms with Crippen molar-refractivity contribution in [1.82, 2.24) is 4.90 Å². The van der Waals surface area contributed by atoms with Crippen LogP contribution in [0.5, 0.6) is 5.75 Å². The highest BCUT2D eigenvalue weighted by atomic mass is 16.5. The summed E-state index contributed by atoms with van der Waals surface area (Å²) < 4.78 is 5.09. The maximum Gasteiger partial charge on any atom is 0.342 e. The van der Waals surface area contributed by atoms with Crippen molar-refractivity contribution >= 4 is 22.6 Å². The highest BCUT2D eigenvalue weighted by molar-refractivity contribution is 5.99. The topological polar surface area (TPSA) is 66.8 Å². The van der Waals surface area contributed by atoms with Crippen molar-refractivity contribution in [1.29, 1.82) is 0 Å². The van der Waals surface area contributed by atoms with Crippen LogP contribution in [-0.4, -0.2) is 41.1 Å². The first-order valence-electron chi connectivity index (χ1n) is 7.78. The van der Waals surface area contributed by atoms with Gasteiger partial charge in [-0.25, -0.2) is 4.79 Å². The molecule has 1 fully saturated rings. The number of ether oxygens (including phenoxy) is 1. The Kier molecular flexibility index (Phi) is 4.19. The van der Waals surface area contributed by atoms with Crippen molar-refractivity contribution in [2.24, 2.45) is 0 Å². The molecular weight excluding hydrogens is 294 g/mol. The van der Waals surface area contributed by atoms with Crippen LogP contribution in [0.25, 0.3) is 10.8 Å². The summed E-state index contributed by atoms with van der Waals surface area (Å²) in [7, 11) is 0. The van der Waals surface area contributed by atoms with Gasteiger partial charge < -0.3 is 14.7 Å². The maximum atomic E-state index is 12.2. The second-order valence-electron chi connectivity index (χ2n) is 5.70. The number of likely N-dealkylation sites (N-methyl/N-ethyl adjacent to an activating group) is 1. The molecule has 1 aliphatic carbocycles. The van der Waals surface area contributed by atoms with Gasteiger partial charge in [-0.2, -0.15) is 0 Å². The summed E-state index contributed by atoms with van der Waals surface area (Å²) in [5.41, 5.74) is 0.0750. The third-order valence-corrected chi connectivity index (χ3v) is 4.06. The van der Waals surface area contributed by atoms with Crippen molar-refractivity contribution in [3.05, 3.63) is 42.0 Å². The Morgan fingerprint density at radius 3 is 2.48 bits per heavy atom. The molecular formula is C18H19NO4. The van der Waals surface area contributed by atoms with E-state index in [1.54, 1.807) is 11.0 Å². The fraction of sp³-hybridized carbons (Fsp3) is 0.333. The molecule has 0 aliphatic heterocycles. The molecule has 23 heavy (non-hydrogen) atoms. The third-order valence-electron chi connectivity index (χ3n) is 4.06. The number of amides is 1. The minimum atomic E-state index is -0.687. The number of fused-ring (bicyclic) bond motifs is 1. The van der Waals surface area contributed by atoms with E-state index in [4.69, 9.17) is 4.74 Å². The van der Waals surface area contributed by atoms with Gasteiger partial charge in [0.1, 0.15) is 11.3 Å². The van der Waals surface area contributed by atoms with Crippen LogP contribution in [0.2, 0.25) is 0 Å². The monoisotopic (exact) mass is 313 g/mol. The van der Waals surface area contributed by atoms with Gasteiger partial charge in [-0.15, -0.1) is 0 Å². The Bertz CT molecular complexity index is 752. The Morgan fingerprint density at radius 1 is 1.22 bits per heavy atom. The van der Waals surface area contributed by atoms with Gasteiger partial charge in [0.2, 0.25) is 0 Å². The number of carbonyl (C=O) groups is 2. The smallest absolute Gasteiger partial charge is 0.342 e. The lowest BCUT2D eigenvalue weighted by Gasteiger charge is -2.20. The van der Waals surface area contributed by atoms with Crippen molar-refractivity contribution < 1.29 is 19.4 Å². The van der Waals surface area contributed by atoms with Gasteiger partial charge in [0.15, 0.2) is 6.61 Å². The number of benzene rings is 2. The van der Waals surface area contributed by atoms with E-state index in [1.165, 1.54) is 6.07 Å². The van der Waals surface area contributed by atoms with Gasteiger partial charge in [0, 0.05) is 12.6 Å². The van der Waals surface area contributed by atoms with E-state index in [0.29, 0.717) is 12.6 Å². The van der Waals surface area contributed by atoms with E-state index in [9.17, 15) is 14.7 Å². The summed E-state index contributed by atoms with van der Waals surface area (Å²) >= 11 is 0. The van der Waals surface area contributed by atoms with Gasteiger partial charge in [-0.05, 0) is 42.7 Å². The van der Waals surface area contributed by atoms with E-state index < -0.39 is 5.97 Å². The van der Waals surface area contributed by atoms with Crippen LogP contribution < -0.4 is 0 Å². The van der Waals surface area contributed by atoms with Gasteiger partial charge >= 0.3 is 5.97 Å². The first-order chi connectivity index (χ1) is 11.1. The van der Waals surface area contributed by atoms with Crippen LogP contribution in [0.4, 0.5) is 0 Å². The minimum Gasteiger partial charge on any atom is -0.507 e. The summed E-state index contributed by atoms with van der Waals surface area (Å²) in [5.74, 6) is -1.02. The van der Waals surface area contributed by atoms with Crippen molar-refractivity contribution in [3.8, 4) is 5.75 Å². The first kappa shape index (κ1) is 15.3. The van der Waals surface area contributed by atoms with Crippen LogP contribution in [0.1, 0.15) is 30.1 Å². The molecule has 120 valence electrons. The summed E-state index contributed by atoms with van der Waals surface area (Å²) in [5, 5.41) is 11.7. The molecule has 0 atom stereocenters. The standard InChI is InChI=1S/C18H19NO4/c1-2-19(14-7-8-14)17(21)11-23-18(22)15-9-12-5-3-4-6-13(12)10-16(15)20/h3-6,9-10,14,20H,2,7-8,11H2,1H3. The molecule has 0 aromatic heterocycles. The number of phenols is 1. The number of phenolic OH excluding ortho intramolecular Hbond substituents is 1. The summed E-state index contributed by atoms with van der Waals surface area (Å²) in [6.07, 6.45) is 2.03. The quantitative estimate of drug-likeness (QED) is 0.862. The highest BCUT2D eigenvalue weighted by Gasteiger charge is 2.31. The number of hydrogen-bond donors (Lipinski definition) is 1. The molecule has 0 bridgehead atoms. The first-order valence-corrected chi connectivity index (χ1v) is 7.78. The molecule has 3 rings (SSSR count). The largest absolute Gasteiger partial charge is 0.507 e. The zero-order valence-corrected chi connectivity index (χ0v) is 13.0. The Labute approximate surface area is 134 Å². The van der Waals surface area contributed by atoms with Gasteiger partial charge in [0.25, 0.3) is 5.91 Å². The second kappa shape index (κ2) is 6.28. The molecule has 0 unspecified atom stereocenters. The normalized spacial score (nSPS) is 13.8. The van der Waals surface area contributed by atoms with E-state index in [-0.39, 0.29) is 23.8 Å². The number of hydrogen-bond acceptors (Lipinski definition) is 4. The molecule has 2 aromatic rings. The van der Waals surface area contributed by atoms with Gasteiger partial charge in [-0.1, -0.05) is 24.3 Å². The summed E-state index contributed by atoms with van der Waals surface area (Å²) in [4.78, 5) is 26.0. The van der Waals surface area contributed by atoms with Crippen molar-refractivity contribution in [2.75, 3.05) is 13.2 Å². The lowest BCUT2D eigenvalue weighted by Crippen LogP contribution is -2.36. The maximum absolute atomic E-state index is 12.2. The number of carbonyl (C=O) groups excluding carboxylic acids is 2. The zero-order valence-electron chi connectivity index (χ0n) is 13.0. The van der Waals surface area contributed by atoms with Crippen molar-refractivity contribution in [3.63, 3.8) is 0 Å². The average molecular weight is 313 g/mol. The predicted octanol–water partition coefficient (Wildman–Crippen LogP) is 2.71. The molecule has 0 saturated heterocycles. The van der Waals surface area contributed by atoms with E-state index >= 15 is 0 Å². The van der Waals surface area contributed by atoms with Crippen LogP contribution in [-0.2, 0) is 9.53 Å². The van der Waals surface area contributed by atoms with Crippen LogP contribution >= 0.6 is 0 Å². The van der Waals surface area contributed by atoms with E-state index in [2.05, 4.69) is 0 Å².